The minimum atomic E-state index is -4.76. The van der Waals surface area contributed by atoms with Crippen molar-refractivity contribution >= 4 is 28.5 Å². The quantitative estimate of drug-likeness (QED) is 0.412. The Balaban J connectivity index is 1.92. The number of benzene rings is 3. The first-order valence-corrected chi connectivity index (χ1v) is 9.00. The maximum atomic E-state index is 13.8. The van der Waals surface area contributed by atoms with Gasteiger partial charge < -0.3 is 9.90 Å². The van der Waals surface area contributed by atoms with Gasteiger partial charge in [0.2, 0.25) is 0 Å². The van der Waals surface area contributed by atoms with E-state index >= 15 is 0 Å². The summed E-state index contributed by atoms with van der Waals surface area (Å²) in [5, 5.41) is 15.4. The predicted octanol–water partition coefficient (Wildman–Crippen LogP) is 5.01. The van der Waals surface area contributed by atoms with Crippen molar-refractivity contribution in [2.75, 3.05) is 0 Å². The number of hydrogen-bond acceptors (Lipinski definition) is 3. The van der Waals surface area contributed by atoms with E-state index in [1.54, 1.807) is 0 Å². The Bertz CT molecular complexity index is 1350. The van der Waals surface area contributed by atoms with Gasteiger partial charge in [-0.1, -0.05) is 17.7 Å². The standard InChI is InChI=1S/C21H10ClF5N2O2/c22-16-9-14(2-3-17(16)24)29-18-4-1-10(7-15(18)19(28-29)20(30)31)11-5-12(21(25,26)27)8-13(23)6-11/h1-9H,(H,30,31)/p-1. The Morgan fingerprint density at radius 2 is 1.71 bits per heavy atom. The van der Waals surface area contributed by atoms with E-state index in [-0.39, 0.29) is 32.7 Å². The molecule has 0 radical (unpaired) electrons. The van der Waals surface area contributed by atoms with E-state index in [9.17, 15) is 31.9 Å². The number of carboxylic acids is 1. The van der Waals surface area contributed by atoms with Crippen molar-refractivity contribution in [3.63, 3.8) is 0 Å². The Hall–Kier alpha value is -3.46. The molecule has 1 heterocycles. The van der Waals surface area contributed by atoms with Gasteiger partial charge in [0, 0.05) is 5.39 Å². The molecule has 3 aromatic carbocycles. The van der Waals surface area contributed by atoms with Crippen molar-refractivity contribution in [3.8, 4) is 16.8 Å². The molecule has 1 aromatic heterocycles. The van der Waals surface area contributed by atoms with Crippen LogP contribution in [0.3, 0.4) is 0 Å². The molecular formula is C21H9ClF5N2O2-. The summed E-state index contributed by atoms with van der Waals surface area (Å²) >= 11 is 5.78. The van der Waals surface area contributed by atoms with Gasteiger partial charge in [0.1, 0.15) is 17.3 Å². The number of halogens is 6. The van der Waals surface area contributed by atoms with Crippen LogP contribution in [0.5, 0.6) is 0 Å². The average molecular weight is 452 g/mol. The number of carboxylic acid groups (broad SMARTS) is 1. The highest BCUT2D eigenvalue weighted by atomic mass is 35.5. The van der Waals surface area contributed by atoms with Crippen LogP contribution in [0, 0.1) is 11.6 Å². The summed E-state index contributed by atoms with van der Waals surface area (Å²) < 4.78 is 67.6. The van der Waals surface area contributed by atoms with Gasteiger partial charge in [-0.15, -0.1) is 0 Å². The predicted molar refractivity (Wildman–Crippen MR) is 101 cm³/mol. The minimum Gasteiger partial charge on any atom is -0.543 e. The first-order chi connectivity index (χ1) is 14.5. The van der Waals surface area contributed by atoms with E-state index in [1.807, 2.05) is 0 Å². The van der Waals surface area contributed by atoms with Crippen LogP contribution in [0.25, 0.3) is 27.7 Å². The lowest BCUT2D eigenvalue weighted by atomic mass is 10.0. The van der Waals surface area contributed by atoms with E-state index in [0.717, 1.165) is 18.2 Å². The van der Waals surface area contributed by atoms with Crippen molar-refractivity contribution < 1.29 is 31.9 Å². The molecule has 0 bridgehead atoms. The Morgan fingerprint density at radius 3 is 2.35 bits per heavy atom. The van der Waals surface area contributed by atoms with E-state index in [1.165, 1.54) is 35.0 Å². The second-order valence-corrected chi connectivity index (χ2v) is 7.01. The highest BCUT2D eigenvalue weighted by Crippen LogP contribution is 2.35. The zero-order chi connectivity index (χ0) is 22.5. The van der Waals surface area contributed by atoms with Crippen LogP contribution in [0.2, 0.25) is 5.02 Å². The monoisotopic (exact) mass is 451 g/mol. The summed E-state index contributed by atoms with van der Waals surface area (Å²) in [6.45, 7) is 0. The van der Waals surface area contributed by atoms with Gasteiger partial charge in [-0.05, 0) is 59.7 Å². The average Bonchev–Trinajstić information content (AvgIpc) is 3.08. The fourth-order valence-corrected chi connectivity index (χ4v) is 3.36. The number of carbonyl (C=O) groups is 1. The highest BCUT2D eigenvalue weighted by molar-refractivity contribution is 6.30. The fourth-order valence-electron chi connectivity index (χ4n) is 3.18. The summed E-state index contributed by atoms with van der Waals surface area (Å²) in [5.41, 5.74) is -1.14. The Labute approximate surface area is 176 Å². The van der Waals surface area contributed by atoms with Crippen molar-refractivity contribution in [3.05, 3.63) is 82.5 Å². The molecule has 4 nitrogen and oxygen atoms in total. The van der Waals surface area contributed by atoms with Gasteiger partial charge >= 0.3 is 6.18 Å². The second-order valence-electron chi connectivity index (χ2n) is 6.60. The number of rotatable bonds is 3. The maximum Gasteiger partial charge on any atom is 0.416 e. The molecule has 0 atom stereocenters. The van der Waals surface area contributed by atoms with Gasteiger partial charge in [-0.25, -0.2) is 13.5 Å². The lowest BCUT2D eigenvalue weighted by Gasteiger charge is -2.10. The third-order valence-corrected chi connectivity index (χ3v) is 4.87. The summed E-state index contributed by atoms with van der Waals surface area (Å²) in [6, 6.07) is 9.71. The molecule has 0 fully saturated rings. The lowest BCUT2D eigenvalue weighted by molar-refractivity contribution is -0.255. The molecule has 0 saturated carbocycles. The summed E-state index contributed by atoms with van der Waals surface area (Å²) in [6.07, 6.45) is -4.76. The number of fused-ring (bicyclic) bond motifs is 1. The number of aromatic nitrogens is 2. The molecule has 0 aliphatic rings. The molecule has 4 aromatic rings. The van der Waals surface area contributed by atoms with Crippen LogP contribution in [0.15, 0.2) is 54.6 Å². The summed E-state index contributed by atoms with van der Waals surface area (Å²) in [4.78, 5) is 11.6. The van der Waals surface area contributed by atoms with Gasteiger partial charge in [-0.3, -0.25) is 0 Å². The van der Waals surface area contributed by atoms with E-state index in [0.29, 0.717) is 6.07 Å². The summed E-state index contributed by atoms with van der Waals surface area (Å²) in [7, 11) is 0. The Kier molecular flexibility index (Phi) is 4.93. The van der Waals surface area contributed by atoms with Crippen molar-refractivity contribution in [2.45, 2.75) is 6.18 Å². The van der Waals surface area contributed by atoms with E-state index < -0.39 is 35.0 Å². The van der Waals surface area contributed by atoms with Gasteiger partial charge in [0.15, 0.2) is 0 Å². The molecule has 158 valence electrons. The molecule has 0 saturated heterocycles. The molecule has 0 N–H and O–H groups in total. The van der Waals surface area contributed by atoms with Crippen LogP contribution in [0.1, 0.15) is 16.1 Å². The SMILES string of the molecule is O=C([O-])c1nn(-c2ccc(F)c(Cl)c2)c2ccc(-c3cc(F)cc(C(F)(F)F)c3)cc12. The molecule has 4 rings (SSSR count). The molecule has 31 heavy (non-hydrogen) atoms. The van der Waals surface area contributed by atoms with Crippen molar-refractivity contribution in [2.24, 2.45) is 0 Å². The van der Waals surface area contributed by atoms with Gasteiger partial charge in [0.05, 0.1) is 27.8 Å². The van der Waals surface area contributed by atoms with Crippen LogP contribution in [-0.2, 0) is 6.18 Å². The molecule has 10 heteroatoms. The first-order valence-electron chi connectivity index (χ1n) is 8.62. The van der Waals surface area contributed by atoms with Crippen molar-refractivity contribution in [1.82, 2.24) is 9.78 Å². The molecule has 0 spiro atoms. The third kappa shape index (κ3) is 3.84. The number of nitrogens with zero attached hydrogens (tertiary/aromatic N) is 2. The Morgan fingerprint density at radius 1 is 0.968 bits per heavy atom. The number of hydrogen-bond donors (Lipinski definition) is 0. The van der Waals surface area contributed by atoms with Crippen LogP contribution in [-0.4, -0.2) is 15.7 Å². The van der Waals surface area contributed by atoms with Crippen molar-refractivity contribution in [1.29, 1.82) is 0 Å². The zero-order valence-corrected chi connectivity index (χ0v) is 15.9. The molecule has 0 aliphatic carbocycles. The number of aromatic carboxylic acids is 1. The second kappa shape index (κ2) is 7.35. The topological polar surface area (TPSA) is 57.9 Å². The highest BCUT2D eigenvalue weighted by Gasteiger charge is 2.31. The minimum absolute atomic E-state index is 0.0377. The summed E-state index contributed by atoms with van der Waals surface area (Å²) in [5.74, 6) is -3.41. The smallest absolute Gasteiger partial charge is 0.416 e. The van der Waals surface area contributed by atoms with E-state index in [4.69, 9.17) is 11.6 Å². The molecule has 0 unspecified atom stereocenters. The molecule has 0 amide bonds. The number of carbonyl (C=O) groups excluding carboxylic acids is 1. The van der Waals surface area contributed by atoms with Crippen LogP contribution < -0.4 is 5.11 Å². The molecule has 0 aliphatic heterocycles. The van der Waals surface area contributed by atoms with Gasteiger partial charge in [0.25, 0.3) is 0 Å². The molecular weight excluding hydrogens is 443 g/mol. The fraction of sp³-hybridized carbons (Fsp3) is 0.0476. The van der Waals surface area contributed by atoms with E-state index in [2.05, 4.69) is 5.10 Å². The largest absolute Gasteiger partial charge is 0.543 e. The normalized spacial score (nSPS) is 11.8. The number of alkyl halides is 3. The van der Waals surface area contributed by atoms with Crippen LogP contribution in [0.4, 0.5) is 22.0 Å². The lowest BCUT2D eigenvalue weighted by Crippen LogP contribution is -2.23. The van der Waals surface area contributed by atoms with Crippen LogP contribution >= 0.6 is 11.6 Å². The van der Waals surface area contributed by atoms with Gasteiger partial charge in [-0.2, -0.15) is 18.3 Å². The first kappa shape index (κ1) is 20.8. The maximum absolute atomic E-state index is 13.8. The zero-order valence-electron chi connectivity index (χ0n) is 15.2. The third-order valence-electron chi connectivity index (χ3n) is 4.58.